The van der Waals surface area contributed by atoms with Crippen LogP contribution in [-0.4, -0.2) is 19.1 Å². The number of nitrogens with zero attached hydrogens (tertiary/aromatic N) is 1. The van der Waals surface area contributed by atoms with Crippen LogP contribution in [0.4, 0.5) is 11.4 Å². The van der Waals surface area contributed by atoms with E-state index in [0.29, 0.717) is 12.1 Å². The maximum absolute atomic E-state index is 12.5. The van der Waals surface area contributed by atoms with E-state index in [1.54, 1.807) is 24.1 Å². The van der Waals surface area contributed by atoms with Crippen LogP contribution in [0.1, 0.15) is 5.56 Å². The van der Waals surface area contributed by atoms with Gasteiger partial charge in [-0.2, -0.15) is 0 Å². The average molecular weight is 268 g/mol. The quantitative estimate of drug-likeness (QED) is 0.850. The first-order valence-corrected chi connectivity index (χ1v) is 6.53. The van der Waals surface area contributed by atoms with Crippen LogP contribution in [0.3, 0.4) is 0 Å². The third-order valence-corrected chi connectivity index (χ3v) is 3.53. The standard InChI is InChI=1S/C16H16N2O2/c1-18(13-8-6-12(17)7-9-13)16(19)15-10-11-4-2-3-5-14(11)20-15/h2-9,15H,10,17H2,1H3. The van der Waals surface area contributed by atoms with Crippen molar-refractivity contribution in [1.82, 2.24) is 0 Å². The second-order valence-electron chi connectivity index (χ2n) is 4.91. The summed E-state index contributed by atoms with van der Waals surface area (Å²) in [7, 11) is 1.75. The molecule has 1 amide bonds. The number of ether oxygens (including phenoxy) is 1. The molecule has 0 saturated heterocycles. The van der Waals surface area contributed by atoms with Gasteiger partial charge in [-0.15, -0.1) is 0 Å². The van der Waals surface area contributed by atoms with Crippen molar-refractivity contribution in [2.45, 2.75) is 12.5 Å². The van der Waals surface area contributed by atoms with Gasteiger partial charge >= 0.3 is 0 Å². The summed E-state index contributed by atoms with van der Waals surface area (Å²) in [5, 5.41) is 0. The van der Waals surface area contributed by atoms with Crippen LogP contribution < -0.4 is 15.4 Å². The van der Waals surface area contributed by atoms with Crippen molar-refractivity contribution >= 4 is 17.3 Å². The third-order valence-electron chi connectivity index (χ3n) is 3.53. The van der Waals surface area contributed by atoms with Crippen molar-refractivity contribution < 1.29 is 9.53 Å². The SMILES string of the molecule is CN(C(=O)C1Cc2ccccc2O1)c1ccc(N)cc1. The second kappa shape index (κ2) is 4.89. The zero-order valence-corrected chi connectivity index (χ0v) is 11.2. The maximum atomic E-state index is 12.5. The van der Waals surface area contributed by atoms with Gasteiger partial charge < -0.3 is 15.4 Å². The molecule has 0 radical (unpaired) electrons. The second-order valence-corrected chi connectivity index (χ2v) is 4.91. The number of amides is 1. The first-order valence-electron chi connectivity index (χ1n) is 6.53. The number of carbonyl (C=O) groups is 1. The highest BCUT2D eigenvalue weighted by atomic mass is 16.5. The highest BCUT2D eigenvalue weighted by Crippen LogP contribution is 2.29. The van der Waals surface area contributed by atoms with E-state index in [1.807, 2.05) is 36.4 Å². The lowest BCUT2D eigenvalue weighted by Gasteiger charge is -2.21. The summed E-state index contributed by atoms with van der Waals surface area (Å²) in [5.74, 6) is 0.752. The molecule has 2 aromatic rings. The van der Waals surface area contributed by atoms with Crippen LogP contribution >= 0.6 is 0 Å². The first-order chi connectivity index (χ1) is 9.65. The number of hydrogen-bond acceptors (Lipinski definition) is 3. The van der Waals surface area contributed by atoms with Crippen LogP contribution in [-0.2, 0) is 11.2 Å². The molecule has 0 saturated carbocycles. The molecule has 1 heterocycles. The average Bonchev–Trinajstić information content (AvgIpc) is 2.90. The highest BCUT2D eigenvalue weighted by Gasteiger charge is 2.31. The summed E-state index contributed by atoms with van der Waals surface area (Å²) in [5.41, 5.74) is 8.22. The van der Waals surface area contributed by atoms with E-state index in [0.717, 1.165) is 17.0 Å². The van der Waals surface area contributed by atoms with Gasteiger partial charge in [-0.1, -0.05) is 18.2 Å². The van der Waals surface area contributed by atoms with Gasteiger partial charge in [0.1, 0.15) is 5.75 Å². The number of fused-ring (bicyclic) bond motifs is 1. The molecule has 2 aromatic carbocycles. The molecule has 0 fully saturated rings. The molecule has 0 aliphatic carbocycles. The molecular formula is C16H16N2O2. The molecule has 102 valence electrons. The fourth-order valence-corrected chi connectivity index (χ4v) is 2.36. The van der Waals surface area contributed by atoms with Crippen LogP contribution in [0.25, 0.3) is 0 Å². The minimum Gasteiger partial charge on any atom is -0.480 e. The van der Waals surface area contributed by atoms with E-state index in [9.17, 15) is 4.79 Å². The van der Waals surface area contributed by atoms with E-state index >= 15 is 0 Å². The van der Waals surface area contributed by atoms with Crippen molar-refractivity contribution in [3.63, 3.8) is 0 Å². The number of anilines is 2. The Morgan fingerprint density at radius 2 is 1.90 bits per heavy atom. The Bertz CT molecular complexity index is 612. The number of rotatable bonds is 2. The Kier molecular flexibility index (Phi) is 3.06. The number of carbonyl (C=O) groups excluding carboxylic acids is 1. The minimum absolute atomic E-state index is 0.0500. The van der Waals surface area contributed by atoms with Crippen molar-refractivity contribution in [1.29, 1.82) is 0 Å². The Balaban J connectivity index is 1.76. The number of benzene rings is 2. The first kappa shape index (κ1) is 12.5. The number of likely N-dealkylation sites (N-methyl/N-ethyl adjacent to an activating group) is 1. The number of para-hydroxylation sites is 1. The van der Waals surface area contributed by atoms with E-state index in [-0.39, 0.29) is 5.91 Å². The molecule has 0 aromatic heterocycles. The molecule has 4 heteroatoms. The summed E-state index contributed by atoms with van der Waals surface area (Å²) in [4.78, 5) is 14.1. The van der Waals surface area contributed by atoms with Crippen LogP contribution in [0.5, 0.6) is 5.75 Å². The van der Waals surface area contributed by atoms with Gasteiger partial charge in [0.15, 0.2) is 6.10 Å². The fourth-order valence-electron chi connectivity index (χ4n) is 2.36. The zero-order valence-electron chi connectivity index (χ0n) is 11.2. The summed E-state index contributed by atoms with van der Waals surface area (Å²) >= 11 is 0. The summed E-state index contributed by atoms with van der Waals surface area (Å²) < 4.78 is 5.72. The Morgan fingerprint density at radius 3 is 2.60 bits per heavy atom. The maximum Gasteiger partial charge on any atom is 0.268 e. The smallest absolute Gasteiger partial charge is 0.268 e. The molecule has 0 spiro atoms. The Morgan fingerprint density at radius 1 is 1.20 bits per heavy atom. The lowest BCUT2D eigenvalue weighted by atomic mass is 10.1. The molecule has 2 N–H and O–H groups in total. The van der Waals surface area contributed by atoms with Crippen molar-refractivity contribution in [3.8, 4) is 5.75 Å². The zero-order chi connectivity index (χ0) is 14.1. The highest BCUT2D eigenvalue weighted by molar-refractivity contribution is 5.97. The van der Waals surface area contributed by atoms with E-state index in [1.165, 1.54) is 0 Å². The predicted molar refractivity (Wildman–Crippen MR) is 78.8 cm³/mol. The van der Waals surface area contributed by atoms with E-state index in [2.05, 4.69) is 0 Å². The molecule has 1 unspecified atom stereocenters. The molecule has 0 bridgehead atoms. The summed E-state index contributed by atoms with van der Waals surface area (Å²) in [6.07, 6.45) is 0.170. The van der Waals surface area contributed by atoms with Gasteiger partial charge in [0.05, 0.1) is 0 Å². The Labute approximate surface area is 117 Å². The van der Waals surface area contributed by atoms with Crippen molar-refractivity contribution in [2.24, 2.45) is 0 Å². The van der Waals surface area contributed by atoms with Gasteiger partial charge in [0, 0.05) is 24.8 Å². The molecule has 4 nitrogen and oxygen atoms in total. The molecule has 3 rings (SSSR count). The summed E-state index contributed by atoms with van der Waals surface area (Å²) in [6, 6.07) is 15.0. The fraction of sp³-hybridized carbons (Fsp3) is 0.188. The number of nitrogens with two attached hydrogens (primary N) is 1. The monoisotopic (exact) mass is 268 g/mol. The van der Waals surface area contributed by atoms with Gasteiger partial charge in [-0.3, -0.25) is 4.79 Å². The van der Waals surface area contributed by atoms with Crippen molar-refractivity contribution in [2.75, 3.05) is 17.7 Å². The largest absolute Gasteiger partial charge is 0.480 e. The topological polar surface area (TPSA) is 55.6 Å². The molecule has 1 aliphatic heterocycles. The Hall–Kier alpha value is -2.49. The van der Waals surface area contributed by atoms with Crippen LogP contribution in [0, 0.1) is 0 Å². The van der Waals surface area contributed by atoms with Gasteiger partial charge in [-0.05, 0) is 35.9 Å². The lowest BCUT2D eigenvalue weighted by molar-refractivity contribution is -0.124. The van der Waals surface area contributed by atoms with Crippen molar-refractivity contribution in [3.05, 3.63) is 54.1 Å². The third kappa shape index (κ3) is 2.20. The van der Waals surface area contributed by atoms with E-state index in [4.69, 9.17) is 10.5 Å². The molecule has 20 heavy (non-hydrogen) atoms. The van der Waals surface area contributed by atoms with Crippen LogP contribution in [0.2, 0.25) is 0 Å². The lowest BCUT2D eigenvalue weighted by Crippen LogP contribution is -2.39. The minimum atomic E-state index is -0.449. The van der Waals surface area contributed by atoms with Gasteiger partial charge in [-0.25, -0.2) is 0 Å². The number of hydrogen-bond donors (Lipinski definition) is 1. The summed E-state index contributed by atoms with van der Waals surface area (Å²) in [6.45, 7) is 0. The van der Waals surface area contributed by atoms with Gasteiger partial charge in [0.25, 0.3) is 5.91 Å². The van der Waals surface area contributed by atoms with Gasteiger partial charge in [0.2, 0.25) is 0 Å². The normalized spacial score (nSPS) is 16.4. The molecular weight excluding hydrogens is 252 g/mol. The molecule has 1 aliphatic rings. The molecule has 1 atom stereocenters. The van der Waals surface area contributed by atoms with Crippen LogP contribution in [0.15, 0.2) is 48.5 Å². The van der Waals surface area contributed by atoms with E-state index < -0.39 is 6.10 Å². The predicted octanol–water partition coefficient (Wildman–Crippen LogP) is 2.24. The number of nitrogen functional groups attached to an aromatic ring is 1.